The van der Waals surface area contributed by atoms with Gasteiger partial charge >= 0.3 is 5.97 Å². The number of benzene rings is 1. The van der Waals surface area contributed by atoms with E-state index in [1.165, 1.54) is 0 Å². The van der Waals surface area contributed by atoms with Crippen molar-refractivity contribution in [2.45, 2.75) is 12.5 Å². The molecule has 1 aromatic rings. The topological polar surface area (TPSA) is 63.3 Å². The monoisotopic (exact) mass is 237 g/mol. The highest BCUT2D eigenvalue weighted by atomic mass is 35.5. The van der Waals surface area contributed by atoms with Crippen molar-refractivity contribution in [3.8, 4) is 0 Å². The quantitative estimate of drug-likeness (QED) is 0.844. The third kappa shape index (κ3) is 4.22. The number of hydrogen-bond acceptors (Lipinski definition) is 2. The minimum Gasteiger partial charge on any atom is -0.481 e. The van der Waals surface area contributed by atoms with Gasteiger partial charge in [-0.25, -0.2) is 8.78 Å². The molecule has 0 aliphatic carbocycles. The van der Waals surface area contributed by atoms with Crippen molar-refractivity contribution in [1.82, 2.24) is 0 Å². The third-order valence-electron chi connectivity index (χ3n) is 1.71. The van der Waals surface area contributed by atoms with E-state index in [2.05, 4.69) is 0 Å². The Morgan fingerprint density at radius 1 is 1.33 bits per heavy atom. The number of rotatable bonds is 3. The summed E-state index contributed by atoms with van der Waals surface area (Å²) >= 11 is 0. The zero-order valence-electron chi connectivity index (χ0n) is 7.61. The Labute approximate surface area is 91.3 Å². The van der Waals surface area contributed by atoms with E-state index in [-0.39, 0.29) is 24.4 Å². The van der Waals surface area contributed by atoms with Crippen LogP contribution in [-0.2, 0) is 4.79 Å². The average molecular weight is 238 g/mol. The molecule has 15 heavy (non-hydrogen) atoms. The van der Waals surface area contributed by atoms with Gasteiger partial charge in [0.05, 0.1) is 6.42 Å². The Kier molecular flexibility index (Phi) is 5.18. The van der Waals surface area contributed by atoms with E-state index in [1.54, 1.807) is 0 Å². The smallest absolute Gasteiger partial charge is 0.305 e. The number of carboxylic acids is 1. The molecule has 1 aromatic carbocycles. The van der Waals surface area contributed by atoms with Crippen molar-refractivity contribution in [1.29, 1.82) is 0 Å². The Bertz CT molecular complexity index is 340. The molecule has 0 saturated heterocycles. The minimum absolute atomic E-state index is 0. The fourth-order valence-electron chi connectivity index (χ4n) is 1.10. The van der Waals surface area contributed by atoms with Crippen molar-refractivity contribution in [2.75, 3.05) is 0 Å². The fraction of sp³-hybridized carbons (Fsp3) is 0.222. The lowest BCUT2D eigenvalue weighted by Gasteiger charge is -2.09. The Morgan fingerprint density at radius 3 is 2.20 bits per heavy atom. The van der Waals surface area contributed by atoms with Gasteiger partial charge < -0.3 is 10.8 Å². The first-order chi connectivity index (χ1) is 6.49. The predicted molar refractivity (Wildman–Crippen MR) is 52.8 cm³/mol. The van der Waals surface area contributed by atoms with E-state index in [9.17, 15) is 13.6 Å². The van der Waals surface area contributed by atoms with Crippen LogP contribution in [0.4, 0.5) is 8.78 Å². The number of carboxylic acid groups (broad SMARTS) is 1. The summed E-state index contributed by atoms with van der Waals surface area (Å²) < 4.78 is 25.4. The Hall–Kier alpha value is -1.20. The van der Waals surface area contributed by atoms with Crippen molar-refractivity contribution in [3.05, 3.63) is 35.4 Å². The molecule has 1 rings (SSSR count). The SMILES string of the molecule is Cl.N[C@@H](CC(=O)O)c1cc(F)cc(F)c1. The zero-order chi connectivity index (χ0) is 10.7. The first-order valence-electron chi connectivity index (χ1n) is 3.92. The number of hydrogen-bond donors (Lipinski definition) is 2. The molecular weight excluding hydrogens is 228 g/mol. The van der Waals surface area contributed by atoms with E-state index < -0.39 is 23.6 Å². The van der Waals surface area contributed by atoms with E-state index in [4.69, 9.17) is 10.8 Å². The summed E-state index contributed by atoms with van der Waals surface area (Å²) in [6.45, 7) is 0. The second kappa shape index (κ2) is 5.63. The molecule has 0 spiro atoms. The van der Waals surface area contributed by atoms with Gasteiger partial charge in [-0.15, -0.1) is 12.4 Å². The molecule has 3 nitrogen and oxygen atoms in total. The lowest BCUT2D eigenvalue weighted by atomic mass is 10.0. The highest BCUT2D eigenvalue weighted by Crippen LogP contribution is 2.16. The van der Waals surface area contributed by atoms with Gasteiger partial charge in [0.15, 0.2) is 0 Å². The first kappa shape index (κ1) is 13.8. The maximum absolute atomic E-state index is 12.7. The van der Waals surface area contributed by atoms with Crippen molar-refractivity contribution in [2.24, 2.45) is 5.73 Å². The maximum Gasteiger partial charge on any atom is 0.305 e. The van der Waals surface area contributed by atoms with Crippen LogP contribution in [0.1, 0.15) is 18.0 Å². The summed E-state index contributed by atoms with van der Waals surface area (Å²) in [7, 11) is 0. The molecule has 0 saturated carbocycles. The molecule has 0 unspecified atom stereocenters. The van der Waals surface area contributed by atoms with Gasteiger partial charge in [-0.2, -0.15) is 0 Å². The Morgan fingerprint density at radius 2 is 1.80 bits per heavy atom. The van der Waals surface area contributed by atoms with Gasteiger partial charge in [-0.1, -0.05) is 0 Å². The number of nitrogens with two attached hydrogens (primary N) is 1. The lowest BCUT2D eigenvalue weighted by Crippen LogP contribution is -2.15. The minimum atomic E-state index is -1.11. The van der Waals surface area contributed by atoms with Gasteiger partial charge in [-0.3, -0.25) is 4.79 Å². The number of carbonyl (C=O) groups is 1. The van der Waals surface area contributed by atoms with Gasteiger partial charge in [0.1, 0.15) is 11.6 Å². The van der Waals surface area contributed by atoms with Crippen LogP contribution in [0.25, 0.3) is 0 Å². The van der Waals surface area contributed by atoms with Crippen molar-refractivity contribution in [3.63, 3.8) is 0 Å². The number of halogens is 3. The molecule has 0 aromatic heterocycles. The lowest BCUT2D eigenvalue weighted by molar-refractivity contribution is -0.137. The normalized spacial score (nSPS) is 11.7. The zero-order valence-corrected chi connectivity index (χ0v) is 8.43. The Balaban J connectivity index is 0.00000196. The van der Waals surface area contributed by atoms with Gasteiger partial charge in [-0.05, 0) is 17.7 Å². The molecular formula is C9H10ClF2NO2. The molecule has 0 aliphatic heterocycles. The summed E-state index contributed by atoms with van der Waals surface area (Å²) in [5.74, 6) is -2.64. The second-order valence-electron chi connectivity index (χ2n) is 2.91. The fourth-order valence-corrected chi connectivity index (χ4v) is 1.10. The highest BCUT2D eigenvalue weighted by molar-refractivity contribution is 5.85. The van der Waals surface area contributed by atoms with E-state index in [0.29, 0.717) is 6.07 Å². The molecule has 1 atom stereocenters. The molecule has 0 aliphatic rings. The summed E-state index contributed by atoms with van der Waals surface area (Å²) in [6.07, 6.45) is -0.358. The molecule has 0 radical (unpaired) electrons. The molecule has 6 heteroatoms. The third-order valence-corrected chi connectivity index (χ3v) is 1.71. The summed E-state index contributed by atoms with van der Waals surface area (Å²) in [6, 6.07) is 1.86. The van der Waals surface area contributed by atoms with Crippen LogP contribution in [-0.4, -0.2) is 11.1 Å². The van der Waals surface area contributed by atoms with Crippen LogP contribution in [0.2, 0.25) is 0 Å². The molecule has 3 N–H and O–H groups in total. The molecule has 0 heterocycles. The standard InChI is InChI=1S/C9H9F2NO2.ClH/c10-6-1-5(2-7(11)3-6)8(12)4-9(13)14;/h1-3,8H,4,12H2,(H,13,14);1H/t8-;/m0./s1. The van der Waals surface area contributed by atoms with Crippen LogP contribution in [0.5, 0.6) is 0 Å². The van der Waals surface area contributed by atoms with Crippen molar-refractivity contribution >= 4 is 18.4 Å². The maximum atomic E-state index is 12.7. The molecule has 0 fully saturated rings. The summed E-state index contributed by atoms with van der Waals surface area (Å²) in [5, 5.41) is 8.42. The van der Waals surface area contributed by atoms with Crippen LogP contribution >= 0.6 is 12.4 Å². The largest absolute Gasteiger partial charge is 0.481 e. The van der Waals surface area contributed by atoms with Gasteiger partial charge in [0.25, 0.3) is 0 Å². The average Bonchev–Trinajstić information content (AvgIpc) is 2.00. The van der Waals surface area contributed by atoms with Crippen LogP contribution in [0.15, 0.2) is 18.2 Å². The van der Waals surface area contributed by atoms with Gasteiger partial charge in [0, 0.05) is 12.1 Å². The van der Waals surface area contributed by atoms with Gasteiger partial charge in [0.2, 0.25) is 0 Å². The van der Waals surface area contributed by atoms with Crippen LogP contribution in [0.3, 0.4) is 0 Å². The van der Waals surface area contributed by atoms with Crippen molar-refractivity contribution < 1.29 is 18.7 Å². The van der Waals surface area contributed by atoms with Crippen LogP contribution < -0.4 is 5.73 Å². The molecule has 0 bridgehead atoms. The summed E-state index contributed by atoms with van der Waals surface area (Å²) in [5.41, 5.74) is 5.56. The molecule has 84 valence electrons. The predicted octanol–water partition coefficient (Wildman–Crippen LogP) is 1.86. The van der Waals surface area contributed by atoms with E-state index >= 15 is 0 Å². The first-order valence-corrected chi connectivity index (χ1v) is 3.92. The number of aliphatic carboxylic acids is 1. The van der Waals surface area contributed by atoms with Crippen LogP contribution in [0, 0.1) is 11.6 Å². The summed E-state index contributed by atoms with van der Waals surface area (Å²) in [4.78, 5) is 10.3. The highest BCUT2D eigenvalue weighted by Gasteiger charge is 2.12. The van der Waals surface area contributed by atoms with E-state index in [0.717, 1.165) is 12.1 Å². The molecule has 0 amide bonds. The van der Waals surface area contributed by atoms with E-state index in [1.807, 2.05) is 0 Å². The second-order valence-corrected chi connectivity index (χ2v) is 2.91.